The fraction of sp³-hybridized carbons (Fsp3) is 0.250. The second kappa shape index (κ2) is 5.76. The number of para-hydroxylation sites is 1. The Kier molecular flexibility index (Phi) is 4.87. The summed E-state index contributed by atoms with van der Waals surface area (Å²) < 4.78 is 3.04. The molecule has 0 spiro atoms. The van der Waals surface area contributed by atoms with Crippen LogP contribution in [0.4, 0.5) is 0 Å². The van der Waals surface area contributed by atoms with E-state index >= 15 is 0 Å². The lowest BCUT2D eigenvalue weighted by atomic mass is 10.1. The number of carbonyl (C=O) groups excluding carboxylic acids is 1. The maximum atomic E-state index is 11.5. The Hall–Kier alpha value is -0.700. The highest BCUT2D eigenvalue weighted by molar-refractivity contribution is 6.75. The standard InChI is InChI=1S/C12H11Cl3O2/c1-3-5-9-7-4-6-8(2)10(9)17-11(16)12(13,14)15/h3-4,6-7H,1,5H2,2H3. The van der Waals surface area contributed by atoms with Gasteiger partial charge in [-0.2, -0.15) is 0 Å². The molecule has 0 aliphatic heterocycles. The van der Waals surface area contributed by atoms with Crippen LogP contribution in [0.3, 0.4) is 0 Å². The summed E-state index contributed by atoms with van der Waals surface area (Å²) >= 11 is 16.4. The summed E-state index contributed by atoms with van der Waals surface area (Å²) in [6, 6.07) is 5.50. The molecular weight excluding hydrogens is 282 g/mol. The Morgan fingerprint density at radius 2 is 2.12 bits per heavy atom. The number of rotatable bonds is 3. The molecular formula is C12H11Cl3O2. The Bertz CT molecular complexity index is 436. The molecule has 0 saturated heterocycles. The first-order valence-corrected chi connectivity index (χ1v) is 5.98. The zero-order valence-corrected chi connectivity index (χ0v) is 11.4. The molecule has 0 unspecified atom stereocenters. The molecule has 5 heteroatoms. The third kappa shape index (κ3) is 3.91. The van der Waals surface area contributed by atoms with Crippen molar-refractivity contribution in [3.05, 3.63) is 42.0 Å². The number of ether oxygens (including phenoxy) is 1. The summed E-state index contributed by atoms with van der Waals surface area (Å²) in [5.41, 5.74) is 1.62. The highest BCUT2D eigenvalue weighted by Crippen LogP contribution is 2.31. The average Bonchev–Trinajstić information content (AvgIpc) is 2.22. The van der Waals surface area contributed by atoms with Crippen molar-refractivity contribution in [2.24, 2.45) is 0 Å². The molecule has 2 nitrogen and oxygen atoms in total. The number of hydrogen-bond acceptors (Lipinski definition) is 2. The second-order valence-corrected chi connectivity index (χ2v) is 5.72. The molecule has 1 aromatic carbocycles. The predicted molar refractivity (Wildman–Crippen MR) is 71.0 cm³/mol. The molecule has 1 aromatic rings. The minimum absolute atomic E-state index is 0.420. The van der Waals surface area contributed by atoms with Crippen LogP contribution < -0.4 is 4.74 Å². The van der Waals surface area contributed by atoms with Crippen molar-refractivity contribution in [3.8, 4) is 5.75 Å². The summed E-state index contributed by atoms with van der Waals surface area (Å²) in [6.45, 7) is 5.45. The quantitative estimate of drug-likeness (QED) is 0.364. The number of hydrogen-bond donors (Lipinski definition) is 0. The zero-order valence-electron chi connectivity index (χ0n) is 9.17. The number of carbonyl (C=O) groups is 1. The smallest absolute Gasteiger partial charge is 0.363 e. The van der Waals surface area contributed by atoms with Crippen LogP contribution in [0.5, 0.6) is 5.75 Å². The van der Waals surface area contributed by atoms with Gasteiger partial charge in [0.1, 0.15) is 5.75 Å². The Morgan fingerprint density at radius 3 is 2.65 bits per heavy atom. The minimum atomic E-state index is -2.08. The topological polar surface area (TPSA) is 26.3 Å². The summed E-state index contributed by atoms with van der Waals surface area (Å²) in [5, 5.41) is 0. The molecule has 0 atom stereocenters. The molecule has 17 heavy (non-hydrogen) atoms. The first-order valence-electron chi connectivity index (χ1n) is 4.84. The molecule has 0 radical (unpaired) electrons. The van der Waals surface area contributed by atoms with E-state index in [2.05, 4.69) is 6.58 Å². The van der Waals surface area contributed by atoms with Crippen LogP contribution in [-0.2, 0) is 11.2 Å². The van der Waals surface area contributed by atoms with E-state index in [4.69, 9.17) is 39.5 Å². The van der Waals surface area contributed by atoms with Crippen LogP contribution in [0.25, 0.3) is 0 Å². The Balaban J connectivity index is 3.04. The van der Waals surface area contributed by atoms with Gasteiger partial charge in [0.05, 0.1) is 0 Å². The summed E-state index contributed by atoms with van der Waals surface area (Å²) in [6.07, 6.45) is 2.28. The molecule has 0 fully saturated rings. The lowest BCUT2D eigenvalue weighted by Crippen LogP contribution is -2.25. The van der Waals surface area contributed by atoms with Gasteiger partial charge in [-0.1, -0.05) is 59.1 Å². The summed E-state index contributed by atoms with van der Waals surface area (Å²) in [7, 11) is 0. The van der Waals surface area contributed by atoms with Crippen LogP contribution in [0, 0.1) is 6.92 Å². The van der Waals surface area contributed by atoms with Gasteiger partial charge in [-0.3, -0.25) is 0 Å². The van der Waals surface area contributed by atoms with Crippen LogP contribution in [-0.4, -0.2) is 9.76 Å². The maximum absolute atomic E-state index is 11.5. The van der Waals surface area contributed by atoms with Gasteiger partial charge in [0.25, 0.3) is 3.79 Å². The average molecular weight is 294 g/mol. The van der Waals surface area contributed by atoms with Crippen molar-refractivity contribution in [2.45, 2.75) is 17.1 Å². The van der Waals surface area contributed by atoms with Crippen LogP contribution in [0.15, 0.2) is 30.9 Å². The maximum Gasteiger partial charge on any atom is 0.363 e. The first kappa shape index (κ1) is 14.4. The van der Waals surface area contributed by atoms with E-state index in [0.29, 0.717) is 12.2 Å². The molecule has 0 saturated carbocycles. The molecule has 0 bridgehead atoms. The van der Waals surface area contributed by atoms with Gasteiger partial charge in [0, 0.05) is 0 Å². The van der Waals surface area contributed by atoms with Crippen molar-refractivity contribution in [1.29, 1.82) is 0 Å². The zero-order chi connectivity index (χ0) is 13.1. The van der Waals surface area contributed by atoms with Crippen molar-refractivity contribution in [3.63, 3.8) is 0 Å². The Labute approximate surface area is 115 Å². The third-order valence-electron chi connectivity index (χ3n) is 2.08. The Morgan fingerprint density at radius 1 is 1.47 bits per heavy atom. The third-order valence-corrected chi connectivity index (χ3v) is 2.55. The number of halogens is 3. The van der Waals surface area contributed by atoms with E-state index in [9.17, 15) is 4.79 Å². The molecule has 0 aliphatic carbocycles. The molecule has 0 aliphatic rings. The van der Waals surface area contributed by atoms with E-state index in [1.807, 2.05) is 25.1 Å². The van der Waals surface area contributed by atoms with E-state index in [-0.39, 0.29) is 0 Å². The first-order chi connectivity index (χ1) is 7.86. The van der Waals surface area contributed by atoms with Gasteiger partial charge in [-0.25, -0.2) is 4.79 Å². The molecule has 92 valence electrons. The van der Waals surface area contributed by atoms with Crippen LogP contribution in [0.2, 0.25) is 0 Å². The van der Waals surface area contributed by atoms with Crippen molar-refractivity contribution < 1.29 is 9.53 Å². The highest BCUT2D eigenvalue weighted by atomic mass is 35.6. The number of allylic oxidation sites excluding steroid dienone is 1. The lowest BCUT2D eigenvalue weighted by molar-refractivity contribution is -0.133. The van der Waals surface area contributed by atoms with Gasteiger partial charge in [-0.15, -0.1) is 6.58 Å². The van der Waals surface area contributed by atoms with Gasteiger partial charge >= 0.3 is 5.97 Å². The van der Waals surface area contributed by atoms with E-state index in [0.717, 1.165) is 11.1 Å². The predicted octanol–water partition coefficient (Wildman–Crippen LogP) is 4.00. The van der Waals surface area contributed by atoms with E-state index < -0.39 is 9.76 Å². The number of aryl methyl sites for hydroxylation is 1. The van der Waals surface area contributed by atoms with Gasteiger partial charge in [-0.05, 0) is 24.5 Å². The largest absolute Gasteiger partial charge is 0.423 e. The SMILES string of the molecule is C=CCc1cccc(C)c1OC(=O)C(Cl)(Cl)Cl. The number of esters is 1. The van der Waals surface area contributed by atoms with Crippen molar-refractivity contribution in [2.75, 3.05) is 0 Å². The van der Waals surface area contributed by atoms with Crippen molar-refractivity contribution in [1.82, 2.24) is 0 Å². The summed E-state index contributed by atoms with van der Waals surface area (Å²) in [5.74, 6) is -0.495. The highest BCUT2D eigenvalue weighted by Gasteiger charge is 2.33. The van der Waals surface area contributed by atoms with E-state index in [1.165, 1.54) is 0 Å². The van der Waals surface area contributed by atoms with Crippen LogP contribution >= 0.6 is 34.8 Å². The molecule has 0 heterocycles. The fourth-order valence-electron chi connectivity index (χ4n) is 1.33. The van der Waals surface area contributed by atoms with E-state index in [1.54, 1.807) is 6.08 Å². The molecule has 0 N–H and O–H groups in total. The lowest BCUT2D eigenvalue weighted by Gasteiger charge is -2.14. The minimum Gasteiger partial charge on any atom is -0.423 e. The summed E-state index contributed by atoms with van der Waals surface area (Å²) in [4.78, 5) is 11.5. The van der Waals surface area contributed by atoms with Gasteiger partial charge in [0.2, 0.25) is 0 Å². The molecule has 0 aromatic heterocycles. The number of benzene rings is 1. The van der Waals surface area contributed by atoms with Crippen molar-refractivity contribution >= 4 is 40.8 Å². The molecule has 0 amide bonds. The number of alkyl halides is 3. The van der Waals surface area contributed by atoms with Crippen LogP contribution in [0.1, 0.15) is 11.1 Å². The van der Waals surface area contributed by atoms with Gasteiger partial charge in [0.15, 0.2) is 0 Å². The monoisotopic (exact) mass is 292 g/mol. The normalized spacial score (nSPS) is 11.1. The molecule has 1 rings (SSSR count). The fourth-order valence-corrected chi connectivity index (χ4v) is 1.44. The second-order valence-electron chi connectivity index (χ2n) is 3.44. The van der Waals surface area contributed by atoms with Gasteiger partial charge < -0.3 is 4.74 Å².